The maximum Gasteiger partial charge on any atom is 0.240 e. The van der Waals surface area contributed by atoms with Gasteiger partial charge in [0.25, 0.3) is 0 Å². The van der Waals surface area contributed by atoms with Crippen molar-refractivity contribution in [1.29, 1.82) is 0 Å². The molecule has 0 spiro atoms. The predicted molar refractivity (Wildman–Crippen MR) is 92.7 cm³/mol. The fraction of sp³-hybridized carbons (Fsp3) is 0.429. The third-order valence-corrected chi connectivity index (χ3v) is 3.11. The van der Waals surface area contributed by atoms with Crippen LogP contribution in [0.2, 0.25) is 0 Å². The van der Waals surface area contributed by atoms with Crippen LogP contribution in [0.1, 0.15) is 11.7 Å². The number of hydrogen-bond acceptors (Lipinski definition) is 6. The molecule has 22 heavy (non-hydrogen) atoms. The van der Waals surface area contributed by atoms with Crippen LogP contribution in [0, 0.1) is 0 Å². The zero-order valence-electron chi connectivity index (χ0n) is 12.8. The summed E-state index contributed by atoms with van der Waals surface area (Å²) in [5.41, 5.74) is 6.65. The second-order valence-corrected chi connectivity index (χ2v) is 4.80. The van der Waals surface area contributed by atoms with E-state index in [4.69, 9.17) is 10.3 Å². The molecular formula is C14H23Cl2N5O. The second kappa shape index (κ2) is 10.4. The molecule has 2 aromatic rings. The lowest BCUT2D eigenvalue weighted by Gasteiger charge is -2.22. The van der Waals surface area contributed by atoms with Gasteiger partial charge in [-0.1, -0.05) is 23.4 Å². The minimum atomic E-state index is 0. The smallest absolute Gasteiger partial charge is 0.240 e. The van der Waals surface area contributed by atoms with E-state index in [9.17, 15) is 0 Å². The van der Waals surface area contributed by atoms with Crippen molar-refractivity contribution in [2.45, 2.75) is 13.1 Å². The van der Waals surface area contributed by atoms with Crippen LogP contribution in [-0.2, 0) is 13.1 Å². The first-order valence-corrected chi connectivity index (χ1v) is 6.65. The topological polar surface area (TPSA) is 71.4 Å². The molecule has 2 rings (SSSR count). The Morgan fingerprint density at radius 3 is 2.36 bits per heavy atom. The zero-order valence-corrected chi connectivity index (χ0v) is 14.4. The van der Waals surface area contributed by atoms with Crippen LogP contribution < -0.4 is 10.6 Å². The molecule has 0 unspecified atom stereocenters. The van der Waals surface area contributed by atoms with Crippen molar-refractivity contribution in [1.82, 2.24) is 15.0 Å². The van der Waals surface area contributed by atoms with Crippen LogP contribution in [0.5, 0.6) is 0 Å². The van der Waals surface area contributed by atoms with E-state index in [1.165, 1.54) is 5.69 Å². The van der Waals surface area contributed by atoms with E-state index in [0.717, 1.165) is 13.1 Å². The Labute approximate surface area is 143 Å². The standard InChI is InChI=1S/C14H21N5O.2ClH/c1-18(11-13-16-14(10-15)20-17-13)8-9-19(2)12-6-4-3-5-7-12;;/h3-7H,8-11,15H2,1-2H3;2*1H. The van der Waals surface area contributed by atoms with E-state index >= 15 is 0 Å². The lowest BCUT2D eigenvalue weighted by molar-refractivity contribution is 0.312. The summed E-state index contributed by atoms with van der Waals surface area (Å²) in [6, 6.07) is 10.3. The van der Waals surface area contributed by atoms with Gasteiger partial charge >= 0.3 is 0 Å². The predicted octanol–water partition coefficient (Wildman–Crippen LogP) is 1.94. The van der Waals surface area contributed by atoms with Crippen LogP contribution in [0.25, 0.3) is 0 Å². The fourth-order valence-electron chi connectivity index (χ4n) is 1.89. The summed E-state index contributed by atoms with van der Waals surface area (Å²) >= 11 is 0. The number of benzene rings is 1. The van der Waals surface area contributed by atoms with Crippen molar-refractivity contribution in [3.8, 4) is 0 Å². The molecule has 0 bridgehead atoms. The molecule has 0 saturated carbocycles. The Balaban J connectivity index is 0.00000220. The Bertz CT molecular complexity index is 523. The molecule has 6 nitrogen and oxygen atoms in total. The molecule has 0 aliphatic heterocycles. The van der Waals surface area contributed by atoms with E-state index in [2.05, 4.69) is 39.1 Å². The minimum absolute atomic E-state index is 0. The lowest BCUT2D eigenvalue weighted by Crippen LogP contribution is -2.30. The SMILES string of the molecule is CN(CCN(C)c1ccccc1)Cc1noc(CN)n1.Cl.Cl. The third kappa shape index (κ3) is 6.19. The van der Waals surface area contributed by atoms with Crippen LogP contribution in [0.15, 0.2) is 34.9 Å². The summed E-state index contributed by atoms with van der Waals surface area (Å²) in [5.74, 6) is 1.16. The Morgan fingerprint density at radius 2 is 1.77 bits per heavy atom. The molecule has 0 radical (unpaired) electrons. The monoisotopic (exact) mass is 347 g/mol. The molecule has 0 fully saturated rings. The summed E-state index contributed by atoms with van der Waals surface area (Å²) in [5, 5.41) is 3.89. The Morgan fingerprint density at radius 1 is 1.09 bits per heavy atom. The van der Waals surface area contributed by atoms with Gasteiger partial charge in [-0.25, -0.2) is 0 Å². The maximum atomic E-state index is 5.44. The number of aromatic nitrogens is 2. The molecule has 0 aliphatic rings. The maximum absolute atomic E-state index is 5.44. The number of likely N-dealkylation sites (N-methyl/N-ethyl adjacent to an activating group) is 2. The summed E-state index contributed by atoms with van der Waals surface area (Å²) < 4.78 is 4.99. The van der Waals surface area contributed by atoms with Gasteiger partial charge in [0.2, 0.25) is 5.89 Å². The van der Waals surface area contributed by atoms with Gasteiger partial charge in [0.05, 0.1) is 13.1 Å². The van der Waals surface area contributed by atoms with Gasteiger partial charge in [-0.2, -0.15) is 4.98 Å². The fourth-order valence-corrected chi connectivity index (χ4v) is 1.89. The van der Waals surface area contributed by atoms with Crippen molar-refractivity contribution >= 4 is 30.5 Å². The Hall–Kier alpha value is -1.34. The number of rotatable bonds is 7. The van der Waals surface area contributed by atoms with Crippen molar-refractivity contribution in [2.75, 3.05) is 32.1 Å². The number of nitrogens with zero attached hydrogens (tertiary/aromatic N) is 4. The first-order valence-electron chi connectivity index (χ1n) is 6.65. The van der Waals surface area contributed by atoms with Gasteiger partial charge in [-0.15, -0.1) is 24.8 Å². The highest BCUT2D eigenvalue weighted by Gasteiger charge is 2.08. The second-order valence-electron chi connectivity index (χ2n) is 4.80. The zero-order chi connectivity index (χ0) is 14.4. The van der Waals surface area contributed by atoms with Gasteiger partial charge in [0, 0.05) is 25.8 Å². The summed E-state index contributed by atoms with van der Waals surface area (Å²) in [6.45, 7) is 2.79. The third-order valence-electron chi connectivity index (χ3n) is 3.11. The van der Waals surface area contributed by atoms with E-state index < -0.39 is 0 Å². The molecule has 0 amide bonds. The number of nitrogens with two attached hydrogens (primary N) is 1. The van der Waals surface area contributed by atoms with Crippen LogP contribution in [0.3, 0.4) is 0 Å². The largest absolute Gasteiger partial charge is 0.373 e. The van der Waals surface area contributed by atoms with Gasteiger partial charge in [-0.05, 0) is 19.2 Å². The minimum Gasteiger partial charge on any atom is -0.373 e. The molecule has 8 heteroatoms. The quantitative estimate of drug-likeness (QED) is 0.825. The van der Waals surface area contributed by atoms with Gasteiger partial charge in [0.1, 0.15) is 0 Å². The number of para-hydroxylation sites is 1. The van der Waals surface area contributed by atoms with Crippen LogP contribution in [0.4, 0.5) is 5.69 Å². The summed E-state index contributed by atoms with van der Waals surface area (Å²) in [4.78, 5) is 8.57. The highest BCUT2D eigenvalue weighted by molar-refractivity contribution is 5.85. The van der Waals surface area contributed by atoms with Gasteiger partial charge in [0.15, 0.2) is 5.82 Å². The summed E-state index contributed by atoms with van der Waals surface area (Å²) in [6.07, 6.45) is 0. The number of anilines is 1. The van der Waals surface area contributed by atoms with Crippen molar-refractivity contribution in [3.05, 3.63) is 42.0 Å². The first-order chi connectivity index (χ1) is 9.69. The van der Waals surface area contributed by atoms with Crippen molar-refractivity contribution in [3.63, 3.8) is 0 Å². The van der Waals surface area contributed by atoms with E-state index in [1.54, 1.807) is 0 Å². The molecule has 0 saturated heterocycles. The first kappa shape index (κ1) is 20.7. The Kier molecular flexibility index (Phi) is 9.76. The van der Waals surface area contributed by atoms with E-state index in [-0.39, 0.29) is 31.4 Å². The van der Waals surface area contributed by atoms with Crippen LogP contribution in [-0.4, -0.2) is 42.2 Å². The molecule has 1 aromatic heterocycles. The van der Waals surface area contributed by atoms with Crippen LogP contribution >= 0.6 is 24.8 Å². The average molecular weight is 348 g/mol. The lowest BCUT2D eigenvalue weighted by atomic mass is 10.3. The molecule has 124 valence electrons. The van der Waals surface area contributed by atoms with Gasteiger partial charge in [-0.3, -0.25) is 4.90 Å². The molecular weight excluding hydrogens is 325 g/mol. The molecule has 1 heterocycles. The van der Waals surface area contributed by atoms with Gasteiger partial charge < -0.3 is 15.2 Å². The molecule has 0 aliphatic carbocycles. The van der Waals surface area contributed by atoms with Crippen molar-refractivity contribution < 1.29 is 4.52 Å². The molecule has 1 aromatic carbocycles. The highest BCUT2D eigenvalue weighted by Crippen LogP contribution is 2.10. The van der Waals surface area contributed by atoms with Crippen molar-refractivity contribution in [2.24, 2.45) is 5.73 Å². The number of hydrogen-bond donors (Lipinski definition) is 1. The summed E-state index contributed by atoms with van der Waals surface area (Å²) in [7, 11) is 4.13. The van der Waals surface area contributed by atoms with E-state index in [1.807, 2.05) is 25.2 Å². The average Bonchev–Trinajstić information content (AvgIpc) is 2.93. The van der Waals surface area contributed by atoms with E-state index in [0.29, 0.717) is 18.3 Å². The molecule has 2 N–H and O–H groups in total. The molecule has 0 atom stereocenters. The number of halogens is 2. The normalized spacial score (nSPS) is 10.0. The highest BCUT2D eigenvalue weighted by atomic mass is 35.5.